The van der Waals surface area contributed by atoms with Crippen molar-refractivity contribution in [2.75, 3.05) is 6.26 Å². The van der Waals surface area contributed by atoms with Crippen molar-refractivity contribution in [1.82, 2.24) is 0 Å². The number of benzene rings is 1. The molecule has 0 radical (unpaired) electrons. The molecule has 0 aliphatic rings. The summed E-state index contributed by atoms with van der Waals surface area (Å²) in [6.07, 6.45) is -0.674. The van der Waals surface area contributed by atoms with E-state index in [9.17, 15) is 13.2 Å². The molecule has 0 saturated carbocycles. The summed E-state index contributed by atoms with van der Waals surface area (Å²) in [7, 11) is -3.80. The molecular formula is C9H10O5S. The quantitative estimate of drug-likeness (QED) is 0.773. The number of carboxylic acids is 1. The van der Waals surface area contributed by atoms with E-state index >= 15 is 0 Å². The van der Waals surface area contributed by atoms with Crippen LogP contribution in [0.1, 0.15) is 11.7 Å². The molecule has 0 saturated heterocycles. The van der Waals surface area contributed by atoms with Crippen molar-refractivity contribution in [2.45, 2.75) is 6.10 Å². The summed E-state index contributed by atoms with van der Waals surface area (Å²) >= 11 is 0. The molecular weight excluding hydrogens is 220 g/mol. The van der Waals surface area contributed by atoms with E-state index in [-0.39, 0.29) is 5.56 Å². The van der Waals surface area contributed by atoms with Gasteiger partial charge >= 0.3 is 5.97 Å². The fourth-order valence-corrected chi connectivity index (χ4v) is 1.58. The SMILES string of the molecule is CS(=O)(=O)O[C@H](C(=O)O)c1ccccc1. The highest BCUT2D eigenvalue weighted by Crippen LogP contribution is 2.19. The Bertz CT molecular complexity index is 437. The second-order valence-corrected chi connectivity index (χ2v) is 4.53. The molecule has 6 heteroatoms. The first-order valence-corrected chi connectivity index (χ1v) is 5.88. The summed E-state index contributed by atoms with van der Waals surface area (Å²) in [4.78, 5) is 10.8. The average molecular weight is 230 g/mol. The van der Waals surface area contributed by atoms with Gasteiger partial charge in [-0.05, 0) is 5.56 Å². The lowest BCUT2D eigenvalue weighted by atomic mass is 10.1. The van der Waals surface area contributed by atoms with Gasteiger partial charge in [0.05, 0.1) is 6.26 Å². The van der Waals surface area contributed by atoms with E-state index in [2.05, 4.69) is 4.18 Å². The number of hydrogen-bond donors (Lipinski definition) is 1. The summed E-state index contributed by atoms with van der Waals surface area (Å²) in [5, 5.41) is 8.80. The number of rotatable bonds is 4. The van der Waals surface area contributed by atoms with Gasteiger partial charge in [0.1, 0.15) is 0 Å². The molecule has 0 aliphatic heterocycles. The maximum atomic E-state index is 10.8. The Hall–Kier alpha value is -1.40. The molecule has 0 aromatic heterocycles. The molecule has 1 aromatic carbocycles. The fraction of sp³-hybridized carbons (Fsp3) is 0.222. The van der Waals surface area contributed by atoms with Crippen molar-refractivity contribution >= 4 is 16.1 Å². The highest BCUT2D eigenvalue weighted by molar-refractivity contribution is 7.86. The van der Waals surface area contributed by atoms with Crippen LogP contribution in [0.25, 0.3) is 0 Å². The number of aliphatic carboxylic acids is 1. The summed E-state index contributed by atoms with van der Waals surface area (Å²) in [6, 6.07) is 7.89. The molecule has 1 rings (SSSR count). The first-order valence-electron chi connectivity index (χ1n) is 4.06. The molecule has 0 amide bonds. The van der Waals surface area contributed by atoms with Crippen LogP contribution in [0, 0.1) is 0 Å². The van der Waals surface area contributed by atoms with Crippen LogP contribution in [-0.4, -0.2) is 25.7 Å². The third kappa shape index (κ3) is 3.69. The van der Waals surface area contributed by atoms with E-state index in [1.54, 1.807) is 18.2 Å². The predicted octanol–water partition coefficient (Wildman–Crippen LogP) is 0.788. The van der Waals surface area contributed by atoms with Crippen molar-refractivity contribution < 1.29 is 22.5 Å². The Labute approximate surface area is 87.4 Å². The number of carboxylic acid groups (broad SMARTS) is 1. The minimum Gasteiger partial charge on any atom is -0.479 e. The Morgan fingerprint density at radius 1 is 1.33 bits per heavy atom. The van der Waals surface area contributed by atoms with Crippen molar-refractivity contribution in [3.63, 3.8) is 0 Å². The molecule has 15 heavy (non-hydrogen) atoms. The molecule has 0 aliphatic carbocycles. The molecule has 0 fully saturated rings. The van der Waals surface area contributed by atoms with Crippen LogP contribution >= 0.6 is 0 Å². The lowest BCUT2D eigenvalue weighted by Crippen LogP contribution is -2.18. The van der Waals surface area contributed by atoms with Crippen LogP contribution in [-0.2, 0) is 19.1 Å². The van der Waals surface area contributed by atoms with Crippen molar-refractivity contribution in [1.29, 1.82) is 0 Å². The van der Waals surface area contributed by atoms with Gasteiger partial charge in [-0.3, -0.25) is 4.18 Å². The summed E-state index contributed by atoms with van der Waals surface area (Å²) < 4.78 is 26.1. The van der Waals surface area contributed by atoms with E-state index in [4.69, 9.17) is 5.11 Å². The molecule has 0 spiro atoms. The van der Waals surface area contributed by atoms with Crippen molar-refractivity contribution in [3.8, 4) is 0 Å². The van der Waals surface area contributed by atoms with Gasteiger partial charge in [0, 0.05) is 0 Å². The zero-order valence-electron chi connectivity index (χ0n) is 7.95. The summed E-state index contributed by atoms with van der Waals surface area (Å²) in [6.45, 7) is 0. The molecule has 0 bridgehead atoms. The first-order chi connectivity index (χ1) is 6.90. The van der Waals surface area contributed by atoms with Crippen LogP contribution in [0.2, 0.25) is 0 Å². The van der Waals surface area contributed by atoms with Crippen LogP contribution in [0.5, 0.6) is 0 Å². The smallest absolute Gasteiger partial charge is 0.339 e. The average Bonchev–Trinajstić information content (AvgIpc) is 2.14. The number of carbonyl (C=O) groups is 1. The second kappa shape index (κ2) is 4.41. The van der Waals surface area contributed by atoms with Gasteiger partial charge in [-0.2, -0.15) is 8.42 Å². The number of hydrogen-bond acceptors (Lipinski definition) is 4. The van der Waals surface area contributed by atoms with Gasteiger partial charge in [0.2, 0.25) is 0 Å². The second-order valence-electron chi connectivity index (χ2n) is 2.93. The van der Waals surface area contributed by atoms with Gasteiger partial charge in [0.25, 0.3) is 10.1 Å². The molecule has 82 valence electrons. The van der Waals surface area contributed by atoms with Crippen LogP contribution in [0.4, 0.5) is 0 Å². The largest absolute Gasteiger partial charge is 0.479 e. The van der Waals surface area contributed by atoms with Gasteiger partial charge < -0.3 is 5.11 Å². The standard InChI is InChI=1S/C9H10O5S/c1-15(12,13)14-8(9(10)11)7-5-3-2-4-6-7/h2-6,8H,1H3,(H,10,11)/t8-/m0/s1. The maximum Gasteiger partial charge on any atom is 0.339 e. The lowest BCUT2D eigenvalue weighted by Gasteiger charge is -2.11. The van der Waals surface area contributed by atoms with Crippen LogP contribution in [0.3, 0.4) is 0 Å². The Morgan fingerprint density at radius 2 is 1.87 bits per heavy atom. The summed E-state index contributed by atoms with van der Waals surface area (Å²) in [5.74, 6) is -1.34. The molecule has 0 unspecified atom stereocenters. The lowest BCUT2D eigenvalue weighted by molar-refractivity contribution is -0.145. The Balaban J connectivity index is 3.00. The van der Waals surface area contributed by atoms with Crippen molar-refractivity contribution in [2.24, 2.45) is 0 Å². The molecule has 1 aromatic rings. The van der Waals surface area contributed by atoms with Gasteiger partial charge in [-0.1, -0.05) is 30.3 Å². The van der Waals surface area contributed by atoms with Crippen molar-refractivity contribution in [3.05, 3.63) is 35.9 Å². The Morgan fingerprint density at radius 3 is 2.27 bits per heavy atom. The maximum absolute atomic E-state index is 10.8. The minimum atomic E-state index is -3.80. The monoisotopic (exact) mass is 230 g/mol. The molecule has 5 nitrogen and oxygen atoms in total. The van der Waals surface area contributed by atoms with E-state index in [0.717, 1.165) is 6.26 Å². The van der Waals surface area contributed by atoms with E-state index in [0.29, 0.717) is 0 Å². The minimum absolute atomic E-state index is 0.287. The highest BCUT2D eigenvalue weighted by atomic mass is 32.2. The predicted molar refractivity (Wildman–Crippen MR) is 52.7 cm³/mol. The molecule has 0 heterocycles. The van der Waals surface area contributed by atoms with E-state index < -0.39 is 22.2 Å². The third-order valence-corrected chi connectivity index (χ3v) is 2.14. The van der Waals surface area contributed by atoms with Gasteiger partial charge in [-0.25, -0.2) is 4.79 Å². The highest BCUT2D eigenvalue weighted by Gasteiger charge is 2.24. The van der Waals surface area contributed by atoms with E-state index in [1.165, 1.54) is 12.1 Å². The molecule has 1 atom stereocenters. The Kier molecular flexibility index (Phi) is 3.43. The fourth-order valence-electron chi connectivity index (χ4n) is 1.04. The van der Waals surface area contributed by atoms with E-state index in [1.807, 2.05) is 0 Å². The van der Waals surface area contributed by atoms with Crippen LogP contribution in [0.15, 0.2) is 30.3 Å². The van der Waals surface area contributed by atoms with Gasteiger partial charge in [-0.15, -0.1) is 0 Å². The van der Waals surface area contributed by atoms with Crippen LogP contribution < -0.4 is 0 Å². The third-order valence-electron chi connectivity index (χ3n) is 1.60. The zero-order valence-corrected chi connectivity index (χ0v) is 8.77. The first kappa shape index (κ1) is 11.7. The van der Waals surface area contributed by atoms with Gasteiger partial charge in [0.15, 0.2) is 6.10 Å². The zero-order chi connectivity index (χ0) is 11.5. The normalized spacial score (nSPS) is 13.4. The topological polar surface area (TPSA) is 80.7 Å². The summed E-state index contributed by atoms with van der Waals surface area (Å²) in [5.41, 5.74) is 0.287. The molecule has 1 N–H and O–H groups in total.